The third-order valence-electron chi connectivity index (χ3n) is 3.12. The summed E-state index contributed by atoms with van der Waals surface area (Å²) in [7, 11) is 2.11. The first kappa shape index (κ1) is 14.1. The van der Waals surface area contributed by atoms with Crippen molar-refractivity contribution in [3.8, 4) is 0 Å². The van der Waals surface area contributed by atoms with E-state index in [1.54, 1.807) is 0 Å². The zero-order valence-corrected chi connectivity index (χ0v) is 11.9. The van der Waals surface area contributed by atoms with Crippen molar-refractivity contribution < 1.29 is 0 Å². The van der Waals surface area contributed by atoms with Gasteiger partial charge in [-0.3, -0.25) is 0 Å². The fraction of sp³-hybridized carbons (Fsp3) is 0.158. The second-order valence-electron chi connectivity index (χ2n) is 4.74. The van der Waals surface area contributed by atoms with Gasteiger partial charge in [0.05, 0.1) is 0 Å². The first-order chi connectivity index (χ1) is 9.86. The summed E-state index contributed by atoms with van der Waals surface area (Å²) in [6, 6.07) is 20.8. The van der Waals surface area contributed by atoms with Crippen molar-refractivity contribution >= 4 is 11.8 Å². The van der Waals surface area contributed by atoms with Gasteiger partial charge in [0.25, 0.3) is 0 Å². The van der Waals surface area contributed by atoms with Gasteiger partial charge in [0, 0.05) is 19.3 Å². The Hall–Kier alpha value is -2.28. The second-order valence-corrected chi connectivity index (χ2v) is 4.74. The number of hydrogen-bond acceptors (Lipinski definition) is 1. The van der Waals surface area contributed by atoms with Gasteiger partial charge in [0.15, 0.2) is 0 Å². The van der Waals surface area contributed by atoms with Crippen LogP contribution in [0.3, 0.4) is 0 Å². The minimum atomic E-state index is 0.934. The number of anilines is 1. The fourth-order valence-electron chi connectivity index (χ4n) is 1.96. The molecule has 0 spiro atoms. The molecule has 0 amide bonds. The molecule has 2 rings (SSSR count). The van der Waals surface area contributed by atoms with Crippen LogP contribution >= 0.6 is 0 Å². The molecule has 0 aromatic heterocycles. The summed E-state index contributed by atoms with van der Waals surface area (Å²) in [4.78, 5) is 2.23. The monoisotopic (exact) mass is 263 g/mol. The standard InChI is InChI=1S/C19H21N/c1-20(19-15-9-5-10-16-19)17-11-3-2-6-12-18-13-7-4-8-14-18/h3-16H,2,17H2,1H3/b11-3-,12-6+. The van der Waals surface area contributed by atoms with Crippen LogP contribution in [-0.2, 0) is 0 Å². The molecule has 0 saturated heterocycles. The van der Waals surface area contributed by atoms with Gasteiger partial charge >= 0.3 is 0 Å². The van der Waals surface area contributed by atoms with Crippen LogP contribution in [0.4, 0.5) is 5.69 Å². The number of rotatable bonds is 6. The molecule has 0 N–H and O–H groups in total. The number of likely N-dealkylation sites (N-methyl/N-ethyl adjacent to an activating group) is 1. The number of para-hydroxylation sites is 1. The minimum absolute atomic E-state index is 0.934. The van der Waals surface area contributed by atoms with Crippen molar-refractivity contribution in [1.82, 2.24) is 0 Å². The highest BCUT2D eigenvalue weighted by atomic mass is 15.1. The molecule has 20 heavy (non-hydrogen) atoms. The molecule has 0 aliphatic carbocycles. The molecule has 0 saturated carbocycles. The Kier molecular flexibility index (Phi) is 5.66. The Morgan fingerprint density at radius 2 is 1.45 bits per heavy atom. The van der Waals surface area contributed by atoms with Gasteiger partial charge in [-0.2, -0.15) is 0 Å². The van der Waals surface area contributed by atoms with E-state index >= 15 is 0 Å². The molecule has 0 fully saturated rings. The van der Waals surface area contributed by atoms with E-state index in [0.29, 0.717) is 0 Å². The van der Waals surface area contributed by atoms with Crippen LogP contribution in [0, 0.1) is 0 Å². The molecule has 2 aromatic rings. The molecule has 0 radical (unpaired) electrons. The molecule has 0 atom stereocenters. The van der Waals surface area contributed by atoms with E-state index in [9.17, 15) is 0 Å². The molecule has 1 heteroatoms. The average molecular weight is 263 g/mol. The van der Waals surface area contributed by atoms with Crippen LogP contribution < -0.4 is 4.90 Å². The lowest BCUT2D eigenvalue weighted by atomic mass is 10.2. The molecular weight excluding hydrogens is 242 g/mol. The van der Waals surface area contributed by atoms with Crippen LogP contribution in [0.1, 0.15) is 12.0 Å². The van der Waals surface area contributed by atoms with Crippen molar-refractivity contribution in [2.24, 2.45) is 0 Å². The van der Waals surface area contributed by atoms with Gasteiger partial charge in [0.2, 0.25) is 0 Å². The number of nitrogens with zero attached hydrogens (tertiary/aromatic N) is 1. The molecule has 0 aliphatic rings. The Bertz CT molecular complexity index is 540. The Morgan fingerprint density at radius 1 is 0.800 bits per heavy atom. The van der Waals surface area contributed by atoms with E-state index < -0.39 is 0 Å². The third-order valence-corrected chi connectivity index (χ3v) is 3.12. The normalized spacial score (nSPS) is 11.2. The number of benzene rings is 2. The fourth-order valence-corrected chi connectivity index (χ4v) is 1.96. The summed E-state index contributed by atoms with van der Waals surface area (Å²) in [6.07, 6.45) is 9.73. The maximum absolute atomic E-state index is 2.23. The topological polar surface area (TPSA) is 3.24 Å². The summed E-state index contributed by atoms with van der Waals surface area (Å²) >= 11 is 0. The lowest BCUT2D eigenvalue weighted by molar-refractivity contribution is 1.03. The summed E-state index contributed by atoms with van der Waals surface area (Å²) in [5, 5.41) is 0. The van der Waals surface area contributed by atoms with Gasteiger partial charge in [0.1, 0.15) is 0 Å². The minimum Gasteiger partial charge on any atom is -0.371 e. The Morgan fingerprint density at radius 3 is 2.15 bits per heavy atom. The molecule has 1 nitrogen and oxygen atoms in total. The van der Waals surface area contributed by atoms with Crippen LogP contribution in [-0.4, -0.2) is 13.6 Å². The average Bonchev–Trinajstić information content (AvgIpc) is 2.52. The van der Waals surface area contributed by atoms with Crippen molar-refractivity contribution in [2.75, 3.05) is 18.5 Å². The van der Waals surface area contributed by atoms with E-state index in [1.165, 1.54) is 11.3 Å². The quantitative estimate of drug-likeness (QED) is 0.678. The molecular formula is C19H21N. The Labute approximate surface area is 121 Å². The highest BCUT2D eigenvalue weighted by Crippen LogP contribution is 2.10. The van der Waals surface area contributed by atoms with Gasteiger partial charge in [-0.05, 0) is 24.1 Å². The maximum Gasteiger partial charge on any atom is 0.0366 e. The van der Waals surface area contributed by atoms with Crippen molar-refractivity contribution in [2.45, 2.75) is 6.42 Å². The maximum atomic E-state index is 2.23. The van der Waals surface area contributed by atoms with Crippen LogP contribution in [0.25, 0.3) is 6.08 Å². The van der Waals surface area contributed by atoms with Crippen molar-refractivity contribution in [3.63, 3.8) is 0 Å². The second kappa shape index (κ2) is 8.00. The molecule has 2 aromatic carbocycles. The smallest absolute Gasteiger partial charge is 0.0366 e. The van der Waals surface area contributed by atoms with Gasteiger partial charge in [-0.25, -0.2) is 0 Å². The third kappa shape index (κ3) is 4.77. The van der Waals surface area contributed by atoms with E-state index in [4.69, 9.17) is 0 Å². The molecule has 0 unspecified atom stereocenters. The zero-order chi connectivity index (χ0) is 14.0. The van der Waals surface area contributed by atoms with Crippen molar-refractivity contribution in [1.29, 1.82) is 0 Å². The van der Waals surface area contributed by atoms with Crippen LogP contribution in [0.2, 0.25) is 0 Å². The summed E-state index contributed by atoms with van der Waals surface area (Å²) in [6.45, 7) is 0.934. The molecule has 0 heterocycles. The molecule has 0 bridgehead atoms. The van der Waals surface area contributed by atoms with Gasteiger partial charge in [-0.15, -0.1) is 0 Å². The number of allylic oxidation sites excluding steroid dienone is 2. The zero-order valence-electron chi connectivity index (χ0n) is 11.9. The lowest BCUT2D eigenvalue weighted by Crippen LogP contribution is -2.16. The van der Waals surface area contributed by atoms with E-state index in [1.807, 2.05) is 12.1 Å². The van der Waals surface area contributed by atoms with E-state index in [2.05, 4.69) is 84.8 Å². The highest BCUT2D eigenvalue weighted by molar-refractivity contribution is 5.49. The van der Waals surface area contributed by atoms with Crippen molar-refractivity contribution in [3.05, 3.63) is 84.5 Å². The van der Waals surface area contributed by atoms with E-state index in [0.717, 1.165) is 13.0 Å². The Balaban J connectivity index is 1.73. The summed E-state index contributed by atoms with van der Waals surface area (Å²) < 4.78 is 0. The van der Waals surface area contributed by atoms with E-state index in [-0.39, 0.29) is 0 Å². The predicted octanol–water partition coefficient (Wildman–Crippen LogP) is 4.78. The van der Waals surface area contributed by atoms with Crippen LogP contribution in [0.15, 0.2) is 78.9 Å². The predicted molar refractivity (Wildman–Crippen MR) is 88.9 cm³/mol. The van der Waals surface area contributed by atoms with Gasteiger partial charge < -0.3 is 4.90 Å². The highest BCUT2D eigenvalue weighted by Gasteiger charge is 1.94. The first-order valence-corrected chi connectivity index (χ1v) is 6.99. The lowest BCUT2D eigenvalue weighted by Gasteiger charge is -2.16. The summed E-state index contributed by atoms with van der Waals surface area (Å²) in [5.74, 6) is 0. The molecule has 102 valence electrons. The SMILES string of the molecule is CN(C/C=C\C/C=C/c1ccccc1)c1ccccc1. The number of hydrogen-bond donors (Lipinski definition) is 0. The van der Waals surface area contributed by atoms with Gasteiger partial charge in [-0.1, -0.05) is 72.8 Å². The first-order valence-electron chi connectivity index (χ1n) is 6.99. The summed E-state index contributed by atoms with van der Waals surface area (Å²) in [5.41, 5.74) is 2.50. The largest absolute Gasteiger partial charge is 0.371 e. The van der Waals surface area contributed by atoms with Crippen LogP contribution in [0.5, 0.6) is 0 Å². The molecule has 0 aliphatic heterocycles.